The number of para-hydroxylation sites is 1. The van der Waals surface area contributed by atoms with Crippen LogP contribution in [0.1, 0.15) is 10.4 Å². The second-order valence-corrected chi connectivity index (χ2v) is 6.12. The summed E-state index contributed by atoms with van der Waals surface area (Å²) in [5, 5.41) is 7.16. The number of amides is 1. The van der Waals surface area contributed by atoms with Crippen molar-refractivity contribution in [1.29, 1.82) is 0 Å². The van der Waals surface area contributed by atoms with E-state index in [1.165, 1.54) is 0 Å². The quantitative estimate of drug-likeness (QED) is 0.535. The third-order valence-electron chi connectivity index (χ3n) is 4.27. The Morgan fingerprint density at radius 1 is 0.929 bits per heavy atom. The molecular formula is C22H18N4O2. The summed E-state index contributed by atoms with van der Waals surface area (Å²) in [4.78, 5) is 21.1. The van der Waals surface area contributed by atoms with Gasteiger partial charge in [0.1, 0.15) is 11.6 Å². The fourth-order valence-corrected chi connectivity index (χ4v) is 2.83. The van der Waals surface area contributed by atoms with Gasteiger partial charge in [-0.3, -0.25) is 9.78 Å². The van der Waals surface area contributed by atoms with E-state index in [0.29, 0.717) is 17.1 Å². The Kier molecular flexibility index (Phi) is 4.84. The van der Waals surface area contributed by atoms with Crippen LogP contribution in [0.5, 0.6) is 5.75 Å². The maximum atomic E-state index is 12.3. The van der Waals surface area contributed by atoms with Gasteiger partial charge in [0.25, 0.3) is 5.91 Å². The zero-order chi connectivity index (χ0) is 19.3. The molecule has 4 aromatic rings. The number of nitrogens with zero attached hydrogens (tertiary/aromatic N) is 2. The van der Waals surface area contributed by atoms with E-state index in [1.54, 1.807) is 49.8 Å². The van der Waals surface area contributed by atoms with Gasteiger partial charge in [-0.2, -0.15) is 0 Å². The van der Waals surface area contributed by atoms with Crippen LogP contribution in [0.15, 0.2) is 79.1 Å². The number of ether oxygens (including phenoxy) is 1. The summed E-state index contributed by atoms with van der Waals surface area (Å²) in [7, 11) is 1.59. The molecule has 28 heavy (non-hydrogen) atoms. The molecule has 6 nitrogen and oxygen atoms in total. The van der Waals surface area contributed by atoms with Crippen LogP contribution in [-0.4, -0.2) is 23.0 Å². The van der Waals surface area contributed by atoms with Crippen molar-refractivity contribution in [2.45, 2.75) is 0 Å². The Hall–Kier alpha value is -3.93. The topological polar surface area (TPSA) is 76.1 Å². The van der Waals surface area contributed by atoms with Crippen molar-refractivity contribution in [2.75, 3.05) is 17.7 Å². The summed E-state index contributed by atoms with van der Waals surface area (Å²) in [6.07, 6.45) is 3.44. The molecule has 6 heteroatoms. The van der Waals surface area contributed by atoms with Crippen LogP contribution in [-0.2, 0) is 0 Å². The number of anilines is 3. The molecule has 1 amide bonds. The predicted molar refractivity (Wildman–Crippen MR) is 110 cm³/mol. The minimum Gasteiger partial charge on any atom is -0.497 e. The van der Waals surface area contributed by atoms with Gasteiger partial charge < -0.3 is 15.4 Å². The normalized spacial score (nSPS) is 10.5. The second-order valence-electron chi connectivity index (χ2n) is 6.12. The summed E-state index contributed by atoms with van der Waals surface area (Å²) >= 11 is 0. The molecule has 0 aliphatic heterocycles. The number of aromatic nitrogens is 2. The number of carbonyl (C=O) groups is 1. The van der Waals surface area contributed by atoms with Crippen LogP contribution < -0.4 is 15.4 Å². The Labute approximate surface area is 162 Å². The molecule has 0 saturated heterocycles. The van der Waals surface area contributed by atoms with Crippen LogP contribution in [0.4, 0.5) is 17.2 Å². The summed E-state index contributed by atoms with van der Waals surface area (Å²) in [5.74, 6) is 0.949. The van der Waals surface area contributed by atoms with Gasteiger partial charge in [-0.05, 0) is 48.5 Å². The number of rotatable bonds is 5. The van der Waals surface area contributed by atoms with E-state index < -0.39 is 0 Å². The van der Waals surface area contributed by atoms with Gasteiger partial charge in [0.05, 0.1) is 30.2 Å². The number of benzene rings is 2. The fourth-order valence-electron chi connectivity index (χ4n) is 2.83. The van der Waals surface area contributed by atoms with E-state index in [1.807, 2.05) is 36.4 Å². The van der Waals surface area contributed by atoms with E-state index in [-0.39, 0.29) is 5.91 Å². The molecule has 0 bridgehead atoms. The SMILES string of the molecule is COc1ccc(C(=O)Nc2ccc(Nc3cccc4cccnc34)cn2)cc1. The van der Waals surface area contributed by atoms with Crippen LogP contribution in [0.2, 0.25) is 0 Å². The highest BCUT2D eigenvalue weighted by molar-refractivity contribution is 6.03. The summed E-state index contributed by atoms with van der Waals surface area (Å²) in [5.41, 5.74) is 3.13. The average Bonchev–Trinajstić information content (AvgIpc) is 2.75. The zero-order valence-corrected chi connectivity index (χ0v) is 15.2. The number of nitrogens with one attached hydrogen (secondary N) is 2. The third kappa shape index (κ3) is 3.76. The Balaban J connectivity index is 1.47. The first-order chi connectivity index (χ1) is 13.7. The van der Waals surface area contributed by atoms with Crippen LogP contribution in [0.25, 0.3) is 10.9 Å². The van der Waals surface area contributed by atoms with E-state index in [9.17, 15) is 4.79 Å². The van der Waals surface area contributed by atoms with Crippen LogP contribution in [0.3, 0.4) is 0 Å². The van der Waals surface area contributed by atoms with Crippen LogP contribution in [0, 0.1) is 0 Å². The smallest absolute Gasteiger partial charge is 0.256 e. The fraction of sp³-hybridized carbons (Fsp3) is 0.0455. The minimum atomic E-state index is -0.228. The largest absolute Gasteiger partial charge is 0.497 e. The Morgan fingerprint density at radius 2 is 1.75 bits per heavy atom. The monoisotopic (exact) mass is 370 g/mol. The number of methoxy groups -OCH3 is 1. The lowest BCUT2D eigenvalue weighted by Gasteiger charge is -2.10. The minimum absolute atomic E-state index is 0.228. The van der Waals surface area contributed by atoms with Crippen molar-refractivity contribution in [3.8, 4) is 5.75 Å². The van der Waals surface area contributed by atoms with E-state index in [2.05, 4.69) is 20.6 Å². The van der Waals surface area contributed by atoms with Gasteiger partial charge >= 0.3 is 0 Å². The van der Waals surface area contributed by atoms with Crippen molar-refractivity contribution >= 4 is 34.0 Å². The number of fused-ring (bicyclic) bond motifs is 1. The second kappa shape index (κ2) is 7.75. The maximum Gasteiger partial charge on any atom is 0.256 e. The van der Waals surface area contributed by atoms with Gasteiger partial charge in [0, 0.05) is 17.1 Å². The highest BCUT2D eigenvalue weighted by Crippen LogP contribution is 2.24. The molecule has 138 valence electrons. The summed E-state index contributed by atoms with van der Waals surface area (Å²) in [6, 6.07) is 20.4. The molecular weight excluding hydrogens is 352 g/mol. The number of carbonyl (C=O) groups excluding carboxylic acids is 1. The molecule has 0 spiro atoms. The lowest BCUT2D eigenvalue weighted by molar-refractivity contribution is 0.102. The lowest BCUT2D eigenvalue weighted by atomic mass is 10.2. The molecule has 2 N–H and O–H groups in total. The standard InChI is InChI=1S/C22H18N4O2/c1-28-18-10-7-16(8-11-18)22(27)26-20-12-9-17(14-24-20)25-19-6-2-4-15-5-3-13-23-21(15)19/h2-14,25H,1H3,(H,24,26,27). The highest BCUT2D eigenvalue weighted by Gasteiger charge is 2.08. The number of hydrogen-bond acceptors (Lipinski definition) is 5. The summed E-state index contributed by atoms with van der Waals surface area (Å²) < 4.78 is 5.10. The van der Waals surface area contributed by atoms with Gasteiger partial charge in [-0.25, -0.2) is 4.98 Å². The van der Waals surface area contributed by atoms with Crippen molar-refractivity contribution in [3.05, 3.63) is 84.7 Å². The average molecular weight is 370 g/mol. The lowest BCUT2D eigenvalue weighted by Crippen LogP contribution is -2.12. The van der Waals surface area contributed by atoms with Crippen LogP contribution >= 0.6 is 0 Å². The molecule has 0 aliphatic rings. The van der Waals surface area contributed by atoms with Crippen molar-refractivity contribution in [1.82, 2.24) is 9.97 Å². The molecule has 2 aromatic carbocycles. The third-order valence-corrected chi connectivity index (χ3v) is 4.27. The molecule has 0 saturated carbocycles. The molecule has 0 atom stereocenters. The molecule has 4 rings (SSSR count). The zero-order valence-electron chi connectivity index (χ0n) is 15.2. The van der Waals surface area contributed by atoms with Crippen molar-refractivity contribution in [3.63, 3.8) is 0 Å². The van der Waals surface area contributed by atoms with Gasteiger partial charge in [0.2, 0.25) is 0 Å². The van der Waals surface area contributed by atoms with Crippen molar-refractivity contribution < 1.29 is 9.53 Å². The molecule has 0 unspecified atom stereocenters. The highest BCUT2D eigenvalue weighted by atomic mass is 16.5. The molecule has 2 aromatic heterocycles. The first-order valence-corrected chi connectivity index (χ1v) is 8.75. The number of pyridine rings is 2. The van der Waals surface area contributed by atoms with E-state index >= 15 is 0 Å². The Bertz CT molecular complexity index is 1100. The summed E-state index contributed by atoms with van der Waals surface area (Å²) in [6.45, 7) is 0. The van der Waals surface area contributed by atoms with Gasteiger partial charge in [-0.15, -0.1) is 0 Å². The maximum absolute atomic E-state index is 12.3. The van der Waals surface area contributed by atoms with E-state index in [0.717, 1.165) is 22.3 Å². The number of hydrogen-bond donors (Lipinski definition) is 2. The molecule has 2 heterocycles. The molecule has 0 fully saturated rings. The predicted octanol–water partition coefficient (Wildman–Crippen LogP) is 4.63. The molecule has 0 aliphatic carbocycles. The first kappa shape index (κ1) is 17.5. The first-order valence-electron chi connectivity index (χ1n) is 8.75. The van der Waals surface area contributed by atoms with Gasteiger partial charge in [0.15, 0.2) is 0 Å². The van der Waals surface area contributed by atoms with E-state index in [4.69, 9.17) is 4.74 Å². The van der Waals surface area contributed by atoms with Gasteiger partial charge in [-0.1, -0.05) is 18.2 Å². The Morgan fingerprint density at radius 3 is 2.50 bits per heavy atom. The molecule has 0 radical (unpaired) electrons. The van der Waals surface area contributed by atoms with Crippen molar-refractivity contribution in [2.24, 2.45) is 0 Å².